The van der Waals surface area contributed by atoms with Crippen LogP contribution in [0.25, 0.3) is 0 Å². The average molecular weight is 405 g/mol. The first-order chi connectivity index (χ1) is 13.1. The normalized spacial score (nSPS) is 15.9. The zero-order valence-electron chi connectivity index (χ0n) is 16.3. The van der Waals surface area contributed by atoms with E-state index >= 15 is 0 Å². The fourth-order valence-corrected chi connectivity index (χ4v) is 4.58. The highest BCUT2D eigenvalue weighted by Crippen LogP contribution is 2.28. The van der Waals surface area contributed by atoms with Crippen LogP contribution >= 0.6 is 0 Å². The minimum Gasteiger partial charge on any atom is -0.352 e. The molecule has 0 spiro atoms. The molecule has 1 aliphatic heterocycles. The van der Waals surface area contributed by atoms with E-state index in [1.807, 2.05) is 12.1 Å². The zero-order valence-corrected chi connectivity index (χ0v) is 17.1. The van der Waals surface area contributed by atoms with Gasteiger partial charge in [0.2, 0.25) is 15.9 Å². The van der Waals surface area contributed by atoms with Crippen LogP contribution in [0, 0.1) is 11.7 Å². The van der Waals surface area contributed by atoms with Gasteiger partial charge in [-0.3, -0.25) is 4.79 Å². The molecule has 150 valence electrons. The second-order valence-electron chi connectivity index (χ2n) is 8.10. The predicted octanol–water partition coefficient (Wildman–Crippen LogP) is 3.06. The predicted molar refractivity (Wildman–Crippen MR) is 106 cm³/mol. The second kappa shape index (κ2) is 7.64. The van der Waals surface area contributed by atoms with Crippen LogP contribution < -0.4 is 5.32 Å². The van der Waals surface area contributed by atoms with Crippen LogP contribution in [0.5, 0.6) is 0 Å². The number of carbonyl (C=O) groups is 1. The number of benzene rings is 2. The molecule has 0 atom stereocenters. The van der Waals surface area contributed by atoms with Crippen molar-refractivity contribution in [2.24, 2.45) is 5.92 Å². The third kappa shape index (κ3) is 4.25. The van der Waals surface area contributed by atoms with E-state index in [-0.39, 0.29) is 41.7 Å². The van der Waals surface area contributed by atoms with Crippen molar-refractivity contribution >= 4 is 15.9 Å². The molecule has 0 aromatic heterocycles. The molecule has 0 saturated carbocycles. The summed E-state index contributed by atoms with van der Waals surface area (Å²) in [5.74, 6) is -1.06. The fraction of sp³-hybridized carbons (Fsp3) is 0.381. The standard InChI is InChI=1S/C21H25FN2O3S/c1-21(2,3)17-8-10-18(11-9-17)28(26,27)24-13-16(14-24)20(25)23-12-15-6-4-5-7-19(15)22/h4-11,16H,12-14H2,1-3H3,(H,23,25). The summed E-state index contributed by atoms with van der Waals surface area (Å²) in [6.07, 6.45) is 0. The minimum atomic E-state index is -3.61. The first-order valence-corrected chi connectivity index (χ1v) is 10.6. The molecule has 2 aromatic rings. The van der Waals surface area contributed by atoms with E-state index in [1.165, 1.54) is 10.4 Å². The third-order valence-corrected chi connectivity index (χ3v) is 6.83. The van der Waals surface area contributed by atoms with Crippen LogP contribution in [-0.2, 0) is 26.8 Å². The summed E-state index contributed by atoms with van der Waals surface area (Å²) in [7, 11) is -3.61. The van der Waals surface area contributed by atoms with Crippen molar-refractivity contribution in [2.75, 3.05) is 13.1 Å². The average Bonchev–Trinajstić information content (AvgIpc) is 2.59. The Bertz CT molecular complexity index is 960. The van der Waals surface area contributed by atoms with Gasteiger partial charge in [-0.1, -0.05) is 51.1 Å². The molecule has 3 rings (SSSR count). The van der Waals surface area contributed by atoms with Gasteiger partial charge in [0.25, 0.3) is 0 Å². The highest BCUT2D eigenvalue weighted by Gasteiger charge is 2.40. The summed E-state index contributed by atoms with van der Waals surface area (Å²) in [5, 5.41) is 2.68. The number of halogens is 1. The first kappa shape index (κ1) is 20.5. The molecule has 1 amide bonds. The van der Waals surface area contributed by atoms with Crippen molar-refractivity contribution in [3.8, 4) is 0 Å². The van der Waals surface area contributed by atoms with E-state index in [9.17, 15) is 17.6 Å². The lowest BCUT2D eigenvalue weighted by atomic mass is 9.87. The molecule has 1 fully saturated rings. The zero-order chi connectivity index (χ0) is 20.5. The number of hydrogen-bond acceptors (Lipinski definition) is 3. The monoisotopic (exact) mass is 404 g/mol. The lowest BCUT2D eigenvalue weighted by molar-refractivity contribution is -0.128. The summed E-state index contributed by atoms with van der Waals surface area (Å²) < 4.78 is 40.3. The Balaban J connectivity index is 1.57. The van der Waals surface area contributed by atoms with Crippen molar-refractivity contribution in [2.45, 2.75) is 37.6 Å². The Hall–Kier alpha value is -2.25. The molecule has 28 heavy (non-hydrogen) atoms. The number of rotatable bonds is 5. The molecule has 2 aromatic carbocycles. The van der Waals surface area contributed by atoms with Gasteiger partial charge in [-0.2, -0.15) is 4.31 Å². The number of carbonyl (C=O) groups excluding carboxylic acids is 1. The maximum Gasteiger partial charge on any atom is 0.243 e. The Morgan fingerprint density at radius 1 is 1.11 bits per heavy atom. The number of nitrogens with zero attached hydrogens (tertiary/aromatic N) is 1. The maximum atomic E-state index is 13.6. The summed E-state index contributed by atoms with van der Waals surface area (Å²) >= 11 is 0. The van der Waals surface area contributed by atoms with Crippen LogP contribution in [0.15, 0.2) is 53.4 Å². The molecule has 7 heteroatoms. The summed E-state index contributed by atoms with van der Waals surface area (Å²) in [6, 6.07) is 13.1. The molecule has 5 nitrogen and oxygen atoms in total. The van der Waals surface area contributed by atoms with E-state index in [0.717, 1.165) is 5.56 Å². The second-order valence-corrected chi connectivity index (χ2v) is 10.0. The van der Waals surface area contributed by atoms with Crippen molar-refractivity contribution in [3.05, 3.63) is 65.5 Å². The molecule has 1 aliphatic rings. The highest BCUT2D eigenvalue weighted by molar-refractivity contribution is 7.89. The fourth-order valence-electron chi connectivity index (χ4n) is 3.04. The lowest BCUT2D eigenvalue weighted by Crippen LogP contribution is -2.55. The van der Waals surface area contributed by atoms with E-state index in [4.69, 9.17) is 0 Å². The van der Waals surface area contributed by atoms with Gasteiger partial charge in [-0.15, -0.1) is 0 Å². The Kier molecular flexibility index (Phi) is 5.59. The van der Waals surface area contributed by atoms with E-state index in [0.29, 0.717) is 5.56 Å². The maximum absolute atomic E-state index is 13.6. The molecule has 0 radical (unpaired) electrons. The van der Waals surface area contributed by atoms with Crippen LogP contribution in [0.1, 0.15) is 31.9 Å². The Morgan fingerprint density at radius 3 is 2.29 bits per heavy atom. The van der Waals surface area contributed by atoms with Crippen molar-refractivity contribution in [3.63, 3.8) is 0 Å². The molecular formula is C21H25FN2O3S. The van der Waals surface area contributed by atoms with Gasteiger partial charge in [0.05, 0.1) is 10.8 Å². The van der Waals surface area contributed by atoms with Crippen molar-refractivity contribution < 1.29 is 17.6 Å². The topological polar surface area (TPSA) is 66.5 Å². The first-order valence-electron chi connectivity index (χ1n) is 9.21. The number of nitrogens with one attached hydrogen (secondary N) is 1. The molecule has 1 heterocycles. The molecule has 0 unspecified atom stereocenters. The van der Waals surface area contributed by atoms with Gasteiger partial charge < -0.3 is 5.32 Å². The number of amides is 1. The van der Waals surface area contributed by atoms with Gasteiger partial charge in [0.15, 0.2) is 0 Å². The molecule has 1 N–H and O–H groups in total. The molecular weight excluding hydrogens is 379 g/mol. The third-order valence-electron chi connectivity index (χ3n) is 4.99. The quantitative estimate of drug-likeness (QED) is 0.833. The van der Waals surface area contributed by atoms with Crippen LogP contribution in [0.2, 0.25) is 0 Å². The largest absolute Gasteiger partial charge is 0.352 e. The summed E-state index contributed by atoms with van der Waals surface area (Å²) in [4.78, 5) is 12.4. The van der Waals surface area contributed by atoms with Gasteiger partial charge in [0, 0.05) is 25.2 Å². The molecule has 0 aliphatic carbocycles. The van der Waals surface area contributed by atoms with Crippen molar-refractivity contribution in [1.82, 2.24) is 9.62 Å². The van der Waals surface area contributed by atoms with Crippen LogP contribution in [0.4, 0.5) is 4.39 Å². The van der Waals surface area contributed by atoms with E-state index in [1.54, 1.807) is 30.3 Å². The Labute approximate surface area is 165 Å². The summed E-state index contributed by atoms with van der Waals surface area (Å²) in [5.41, 5.74) is 1.40. The highest BCUT2D eigenvalue weighted by atomic mass is 32.2. The minimum absolute atomic E-state index is 0.0551. The van der Waals surface area contributed by atoms with Crippen molar-refractivity contribution in [1.29, 1.82) is 0 Å². The molecule has 0 bridgehead atoms. The van der Waals surface area contributed by atoms with Gasteiger partial charge in [-0.05, 0) is 29.2 Å². The van der Waals surface area contributed by atoms with Crippen LogP contribution in [0.3, 0.4) is 0 Å². The van der Waals surface area contributed by atoms with Gasteiger partial charge in [-0.25, -0.2) is 12.8 Å². The van der Waals surface area contributed by atoms with Crippen LogP contribution in [-0.4, -0.2) is 31.7 Å². The summed E-state index contributed by atoms with van der Waals surface area (Å²) in [6.45, 7) is 6.55. The van der Waals surface area contributed by atoms with E-state index < -0.39 is 15.9 Å². The molecule has 1 saturated heterocycles. The lowest BCUT2D eigenvalue weighted by Gasteiger charge is -2.37. The van der Waals surface area contributed by atoms with E-state index in [2.05, 4.69) is 26.1 Å². The van der Waals surface area contributed by atoms with Gasteiger partial charge >= 0.3 is 0 Å². The number of hydrogen-bond donors (Lipinski definition) is 1. The SMILES string of the molecule is CC(C)(C)c1ccc(S(=O)(=O)N2CC(C(=O)NCc3ccccc3F)C2)cc1. The van der Waals surface area contributed by atoms with Gasteiger partial charge in [0.1, 0.15) is 5.82 Å². The number of sulfonamides is 1. The smallest absolute Gasteiger partial charge is 0.243 e. The Morgan fingerprint density at radius 2 is 1.71 bits per heavy atom.